The molecule has 1 N–H and O–H groups in total. The van der Waals surface area contributed by atoms with E-state index in [2.05, 4.69) is 14.9 Å². The monoisotopic (exact) mass is 319 g/mol. The SMILES string of the molecule is CSc1nnc(NS(=O)(=O)c2ccc(F)cc2C)s1. The normalized spacial score (nSPS) is 11.5. The molecule has 0 amide bonds. The maximum atomic E-state index is 13.0. The van der Waals surface area contributed by atoms with E-state index in [0.717, 1.165) is 17.4 Å². The zero-order chi connectivity index (χ0) is 14.0. The van der Waals surface area contributed by atoms with Crippen LogP contribution in [0.25, 0.3) is 0 Å². The molecule has 9 heteroatoms. The number of benzene rings is 1. The van der Waals surface area contributed by atoms with E-state index in [9.17, 15) is 12.8 Å². The van der Waals surface area contributed by atoms with Crippen molar-refractivity contribution in [2.24, 2.45) is 0 Å². The first kappa shape index (κ1) is 14.2. The van der Waals surface area contributed by atoms with E-state index < -0.39 is 15.8 Å². The minimum Gasteiger partial charge on any atom is -0.253 e. The molecule has 1 heterocycles. The van der Waals surface area contributed by atoms with Crippen LogP contribution in [0, 0.1) is 12.7 Å². The maximum Gasteiger partial charge on any atom is 0.263 e. The molecule has 0 spiro atoms. The van der Waals surface area contributed by atoms with Gasteiger partial charge in [-0.1, -0.05) is 23.1 Å². The van der Waals surface area contributed by atoms with Gasteiger partial charge in [0.15, 0.2) is 4.34 Å². The number of thioether (sulfide) groups is 1. The minimum absolute atomic E-state index is 0.0230. The molecule has 1 aromatic heterocycles. The van der Waals surface area contributed by atoms with Gasteiger partial charge in [-0.2, -0.15) is 0 Å². The van der Waals surface area contributed by atoms with Gasteiger partial charge in [-0.05, 0) is 36.9 Å². The number of halogens is 1. The van der Waals surface area contributed by atoms with Crippen molar-refractivity contribution in [3.05, 3.63) is 29.6 Å². The molecule has 102 valence electrons. The van der Waals surface area contributed by atoms with Crippen molar-refractivity contribution in [3.63, 3.8) is 0 Å². The van der Waals surface area contributed by atoms with E-state index in [0.29, 0.717) is 9.90 Å². The molecule has 0 saturated heterocycles. The third kappa shape index (κ3) is 3.23. The number of sulfonamides is 1. The van der Waals surface area contributed by atoms with Gasteiger partial charge in [-0.15, -0.1) is 10.2 Å². The van der Waals surface area contributed by atoms with E-state index >= 15 is 0 Å². The standard InChI is InChI=1S/C10H10FN3O2S3/c1-6-5-7(11)3-4-8(6)19(15,16)14-9-12-13-10(17-2)18-9/h3-5H,1-2H3,(H,12,14). The molecule has 0 aliphatic carbocycles. The van der Waals surface area contributed by atoms with Crippen LogP contribution in [0.1, 0.15) is 5.56 Å². The molecule has 2 rings (SSSR count). The van der Waals surface area contributed by atoms with Crippen LogP contribution in [-0.2, 0) is 10.0 Å². The predicted octanol–water partition coefficient (Wildman–Crippen LogP) is 2.51. The van der Waals surface area contributed by atoms with Crippen molar-refractivity contribution < 1.29 is 12.8 Å². The number of rotatable bonds is 4. The highest BCUT2D eigenvalue weighted by atomic mass is 32.2. The molecule has 0 bridgehead atoms. The molecular formula is C10H10FN3O2S3. The summed E-state index contributed by atoms with van der Waals surface area (Å²) >= 11 is 2.52. The summed E-state index contributed by atoms with van der Waals surface area (Å²) in [5, 5.41) is 7.71. The van der Waals surface area contributed by atoms with Crippen molar-refractivity contribution in [2.75, 3.05) is 11.0 Å². The number of aryl methyl sites for hydroxylation is 1. The number of hydrogen-bond donors (Lipinski definition) is 1. The Hall–Kier alpha value is -1.19. The molecule has 0 aliphatic heterocycles. The number of aromatic nitrogens is 2. The van der Waals surface area contributed by atoms with Gasteiger partial charge in [0, 0.05) is 0 Å². The van der Waals surface area contributed by atoms with E-state index in [1.165, 1.54) is 30.8 Å². The lowest BCUT2D eigenvalue weighted by Crippen LogP contribution is -2.14. The summed E-state index contributed by atoms with van der Waals surface area (Å²) in [7, 11) is -3.77. The van der Waals surface area contributed by atoms with E-state index in [1.54, 1.807) is 0 Å². The zero-order valence-corrected chi connectivity index (χ0v) is 12.5. The summed E-state index contributed by atoms with van der Waals surface area (Å²) in [5.41, 5.74) is 0.335. The second-order valence-electron chi connectivity index (χ2n) is 3.59. The van der Waals surface area contributed by atoms with Gasteiger partial charge < -0.3 is 0 Å². The van der Waals surface area contributed by atoms with Crippen molar-refractivity contribution >= 4 is 38.3 Å². The number of nitrogens with zero attached hydrogens (tertiary/aromatic N) is 2. The Balaban J connectivity index is 2.32. The highest BCUT2D eigenvalue weighted by molar-refractivity contribution is 8.00. The lowest BCUT2D eigenvalue weighted by atomic mass is 10.2. The molecule has 5 nitrogen and oxygen atoms in total. The van der Waals surface area contributed by atoms with Crippen LogP contribution in [0.3, 0.4) is 0 Å². The molecular weight excluding hydrogens is 309 g/mol. The van der Waals surface area contributed by atoms with Crippen LogP contribution in [0.4, 0.5) is 9.52 Å². The van der Waals surface area contributed by atoms with Gasteiger partial charge >= 0.3 is 0 Å². The van der Waals surface area contributed by atoms with E-state index in [4.69, 9.17) is 0 Å². The molecule has 0 atom stereocenters. The molecule has 2 aromatic rings. The van der Waals surface area contributed by atoms with Crippen LogP contribution < -0.4 is 4.72 Å². The first-order valence-corrected chi connectivity index (χ1v) is 8.61. The van der Waals surface area contributed by atoms with Crippen LogP contribution in [0.5, 0.6) is 0 Å². The van der Waals surface area contributed by atoms with Gasteiger partial charge in [0.2, 0.25) is 5.13 Å². The summed E-state index contributed by atoms with van der Waals surface area (Å²) in [4.78, 5) is 0.0230. The van der Waals surface area contributed by atoms with Gasteiger partial charge in [-0.25, -0.2) is 12.8 Å². The Morgan fingerprint density at radius 3 is 2.68 bits per heavy atom. The second kappa shape index (κ2) is 5.43. The average molecular weight is 319 g/mol. The largest absolute Gasteiger partial charge is 0.263 e. The lowest BCUT2D eigenvalue weighted by molar-refractivity contribution is 0.598. The Morgan fingerprint density at radius 2 is 2.11 bits per heavy atom. The van der Waals surface area contributed by atoms with E-state index in [-0.39, 0.29) is 10.0 Å². The minimum atomic E-state index is -3.77. The summed E-state index contributed by atoms with van der Waals surface area (Å²) in [6, 6.07) is 3.50. The van der Waals surface area contributed by atoms with Crippen molar-refractivity contribution in [2.45, 2.75) is 16.2 Å². The first-order chi connectivity index (χ1) is 8.92. The quantitative estimate of drug-likeness (QED) is 0.877. The van der Waals surface area contributed by atoms with Gasteiger partial charge in [0.25, 0.3) is 10.0 Å². The molecule has 19 heavy (non-hydrogen) atoms. The number of nitrogens with one attached hydrogen (secondary N) is 1. The molecule has 1 aromatic carbocycles. The number of anilines is 1. The lowest BCUT2D eigenvalue weighted by Gasteiger charge is -2.07. The van der Waals surface area contributed by atoms with Crippen LogP contribution in [0.2, 0.25) is 0 Å². The third-order valence-corrected chi connectivity index (χ3v) is 5.67. The predicted molar refractivity (Wildman–Crippen MR) is 73.6 cm³/mol. The summed E-state index contributed by atoms with van der Waals surface area (Å²) in [6.07, 6.45) is 1.82. The summed E-state index contributed by atoms with van der Waals surface area (Å²) in [6.45, 7) is 1.53. The molecule has 0 fully saturated rings. The molecule has 0 aliphatic rings. The second-order valence-corrected chi connectivity index (χ2v) is 7.27. The molecule has 0 saturated carbocycles. The fourth-order valence-corrected chi connectivity index (χ4v) is 4.05. The zero-order valence-electron chi connectivity index (χ0n) is 10.0. The Labute approximate surface area is 118 Å². The summed E-state index contributed by atoms with van der Waals surface area (Å²) < 4.78 is 40.2. The van der Waals surface area contributed by atoms with Crippen molar-refractivity contribution in [3.8, 4) is 0 Å². The number of hydrogen-bond acceptors (Lipinski definition) is 6. The smallest absolute Gasteiger partial charge is 0.253 e. The van der Waals surface area contributed by atoms with Gasteiger partial charge in [0.05, 0.1) is 4.90 Å². The van der Waals surface area contributed by atoms with Crippen LogP contribution >= 0.6 is 23.1 Å². The van der Waals surface area contributed by atoms with Gasteiger partial charge in [-0.3, -0.25) is 4.72 Å². The third-order valence-electron chi connectivity index (χ3n) is 2.23. The molecule has 0 radical (unpaired) electrons. The van der Waals surface area contributed by atoms with Crippen molar-refractivity contribution in [1.29, 1.82) is 0 Å². The Morgan fingerprint density at radius 1 is 1.37 bits per heavy atom. The van der Waals surface area contributed by atoms with E-state index in [1.807, 2.05) is 6.26 Å². The summed E-state index contributed by atoms with van der Waals surface area (Å²) in [5.74, 6) is -0.475. The first-order valence-electron chi connectivity index (χ1n) is 5.09. The molecule has 0 unspecified atom stereocenters. The highest BCUT2D eigenvalue weighted by Gasteiger charge is 2.19. The van der Waals surface area contributed by atoms with Crippen LogP contribution in [0.15, 0.2) is 27.4 Å². The highest BCUT2D eigenvalue weighted by Crippen LogP contribution is 2.26. The Kier molecular flexibility index (Phi) is 4.07. The Bertz CT molecular complexity index is 700. The van der Waals surface area contributed by atoms with Gasteiger partial charge in [0.1, 0.15) is 5.82 Å². The fourth-order valence-electron chi connectivity index (χ4n) is 1.42. The maximum absolute atomic E-state index is 13.0. The van der Waals surface area contributed by atoms with Crippen LogP contribution in [-0.4, -0.2) is 24.9 Å². The average Bonchev–Trinajstić information content (AvgIpc) is 2.75. The van der Waals surface area contributed by atoms with Crippen molar-refractivity contribution in [1.82, 2.24) is 10.2 Å². The topological polar surface area (TPSA) is 72.0 Å². The fraction of sp³-hybridized carbons (Fsp3) is 0.200.